The van der Waals surface area contributed by atoms with Gasteiger partial charge >= 0.3 is 0 Å². The van der Waals surface area contributed by atoms with Crippen molar-refractivity contribution < 1.29 is 9.13 Å². The quantitative estimate of drug-likeness (QED) is 0.451. The predicted octanol–water partition coefficient (Wildman–Crippen LogP) is 2.97. The van der Waals surface area contributed by atoms with Crippen molar-refractivity contribution in [3.05, 3.63) is 35.9 Å². The molecule has 0 amide bonds. The van der Waals surface area contributed by atoms with Crippen molar-refractivity contribution in [1.29, 1.82) is 0 Å². The molecule has 0 saturated heterocycles. The van der Waals surface area contributed by atoms with Crippen LogP contribution in [-0.4, -0.2) is 7.11 Å². The number of allylic oxidation sites excluding steroid dienone is 6. The third-order valence-electron chi connectivity index (χ3n) is 1.09. The molecule has 0 unspecified atom stereocenters. The summed E-state index contributed by atoms with van der Waals surface area (Å²) >= 11 is 0. The van der Waals surface area contributed by atoms with Crippen molar-refractivity contribution in [3.8, 4) is 0 Å². The van der Waals surface area contributed by atoms with Gasteiger partial charge in [-0.1, -0.05) is 12.2 Å². The van der Waals surface area contributed by atoms with Crippen LogP contribution >= 0.6 is 0 Å². The highest BCUT2D eigenvalue weighted by molar-refractivity contribution is 5.13. The van der Waals surface area contributed by atoms with Crippen LogP contribution in [0.1, 0.15) is 13.8 Å². The molecule has 0 aromatic carbocycles. The second kappa shape index (κ2) is 5.71. The van der Waals surface area contributed by atoms with Gasteiger partial charge in [-0.3, -0.25) is 0 Å². The van der Waals surface area contributed by atoms with E-state index < -0.39 is 0 Å². The number of hydrogen-bond acceptors (Lipinski definition) is 1. The molecule has 0 N–H and O–H groups in total. The predicted molar refractivity (Wildman–Crippen MR) is 44.8 cm³/mol. The Morgan fingerprint density at radius 1 is 1.18 bits per heavy atom. The van der Waals surface area contributed by atoms with Crippen LogP contribution in [-0.2, 0) is 4.74 Å². The van der Waals surface area contributed by atoms with E-state index in [1.54, 1.807) is 25.3 Å². The zero-order chi connectivity index (χ0) is 8.69. The van der Waals surface area contributed by atoms with Crippen LogP contribution in [0, 0.1) is 0 Å². The first kappa shape index (κ1) is 9.95. The summed E-state index contributed by atoms with van der Waals surface area (Å²) in [6.45, 7) is 3.23. The molecule has 1 nitrogen and oxygen atoms in total. The lowest BCUT2D eigenvalue weighted by molar-refractivity contribution is 0.294. The van der Waals surface area contributed by atoms with Gasteiger partial charge in [0.05, 0.1) is 18.7 Å². The minimum atomic E-state index is -0.204. The van der Waals surface area contributed by atoms with Gasteiger partial charge in [-0.25, -0.2) is 4.39 Å². The molecule has 0 heterocycles. The number of methoxy groups -OCH3 is 1. The first-order chi connectivity index (χ1) is 5.16. The molecule has 0 bridgehead atoms. The monoisotopic (exact) mass is 156 g/mol. The van der Waals surface area contributed by atoms with Crippen molar-refractivity contribution in [2.24, 2.45) is 0 Å². The molecule has 0 rings (SSSR count). The number of halogens is 1. The summed E-state index contributed by atoms with van der Waals surface area (Å²) in [5, 5.41) is 0. The maximum absolute atomic E-state index is 12.1. The van der Waals surface area contributed by atoms with Crippen LogP contribution in [0.25, 0.3) is 0 Å². The van der Waals surface area contributed by atoms with Crippen molar-refractivity contribution in [2.45, 2.75) is 13.8 Å². The molecule has 0 aliphatic carbocycles. The molecular weight excluding hydrogens is 143 g/mol. The number of hydrogen-bond donors (Lipinski definition) is 0. The maximum Gasteiger partial charge on any atom is 0.0968 e. The third-order valence-corrected chi connectivity index (χ3v) is 1.09. The van der Waals surface area contributed by atoms with E-state index in [1.165, 1.54) is 13.0 Å². The second-order valence-corrected chi connectivity index (χ2v) is 2.12. The van der Waals surface area contributed by atoms with Gasteiger partial charge in [0.2, 0.25) is 0 Å². The lowest BCUT2D eigenvalue weighted by atomic mass is 10.4. The highest BCUT2D eigenvalue weighted by atomic mass is 19.1. The fraction of sp³-hybridized carbons (Fsp3) is 0.333. The Morgan fingerprint density at radius 3 is 2.18 bits per heavy atom. The Kier molecular flexibility index (Phi) is 5.17. The summed E-state index contributed by atoms with van der Waals surface area (Å²) in [6, 6.07) is 0. The molecule has 0 radical (unpaired) electrons. The Labute approximate surface area is 66.9 Å². The summed E-state index contributed by atoms with van der Waals surface area (Å²) in [7, 11) is 1.59. The van der Waals surface area contributed by atoms with Crippen LogP contribution in [0.15, 0.2) is 35.9 Å². The average Bonchev–Trinajstić information content (AvgIpc) is 1.97. The van der Waals surface area contributed by atoms with Crippen molar-refractivity contribution in [3.63, 3.8) is 0 Å². The summed E-state index contributed by atoms with van der Waals surface area (Å²) < 4.78 is 16.9. The van der Waals surface area contributed by atoms with Gasteiger partial charge in [-0.15, -0.1) is 0 Å². The standard InChI is InChI=1S/C9H13FO/c1-8(10)6-4-5-7-9(2)11-3/h4-7H,1-3H3/b5-4-,8-6+,9-7+. The molecule has 0 saturated carbocycles. The Bertz CT molecular complexity index is 186. The van der Waals surface area contributed by atoms with Crippen molar-refractivity contribution >= 4 is 0 Å². The van der Waals surface area contributed by atoms with E-state index >= 15 is 0 Å². The molecule has 0 aliphatic rings. The average molecular weight is 156 g/mol. The zero-order valence-corrected chi connectivity index (χ0v) is 7.10. The maximum atomic E-state index is 12.1. The van der Waals surface area contributed by atoms with E-state index in [1.807, 2.05) is 6.92 Å². The van der Waals surface area contributed by atoms with Crippen LogP contribution in [0.2, 0.25) is 0 Å². The highest BCUT2D eigenvalue weighted by Crippen LogP contribution is 1.95. The van der Waals surface area contributed by atoms with E-state index in [2.05, 4.69) is 0 Å². The molecule has 0 spiro atoms. The summed E-state index contributed by atoms with van der Waals surface area (Å²) in [4.78, 5) is 0. The molecule has 2 heteroatoms. The molecule has 11 heavy (non-hydrogen) atoms. The summed E-state index contributed by atoms with van der Waals surface area (Å²) in [6.07, 6.45) is 6.50. The summed E-state index contributed by atoms with van der Waals surface area (Å²) in [5.74, 6) is 0.593. The Morgan fingerprint density at radius 2 is 1.73 bits per heavy atom. The van der Waals surface area contributed by atoms with E-state index in [0.717, 1.165) is 5.76 Å². The number of rotatable bonds is 3. The lowest BCUT2D eigenvalue weighted by Crippen LogP contribution is -1.75. The molecule has 0 aromatic heterocycles. The van der Waals surface area contributed by atoms with E-state index in [0.29, 0.717) is 0 Å². The fourth-order valence-electron chi connectivity index (χ4n) is 0.447. The normalized spacial score (nSPS) is 14.2. The van der Waals surface area contributed by atoms with Crippen LogP contribution < -0.4 is 0 Å². The first-order valence-electron chi connectivity index (χ1n) is 3.38. The molecule has 62 valence electrons. The second-order valence-electron chi connectivity index (χ2n) is 2.12. The van der Waals surface area contributed by atoms with Gasteiger partial charge < -0.3 is 4.74 Å². The van der Waals surface area contributed by atoms with Crippen molar-refractivity contribution in [2.75, 3.05) is 7.11 Å². The largest absolute Gasteiger partial charge is 0.501 e. The van der Waals surface area contributed by atoms with Crippen LogP contribution in [0.5, 0.6) is 0 Å². The molecule has 0 aliphatic heterocycles. The molecular formula is C9H13FO. The Hall–Kier alpha value is -1.05. The minimum absolute atomic E-state index is 0.204. The SMILES string of the molecule is CO/C(C)=C/C=C\C=C(/C)F. The van der Waals surface area contributed by atoms with Crippen molar-refractivity contribution in [1.82, 2.24) is 0 Å². The first-order valence-corrected chi connectivity index (χ1v) is 3.38. The van der Waals surface area contributed by atoms with Gasteiger partial charge in [-0.05, 0) is 26.0 Å². The third kappa shape index (κ3) is 6.84. The zero-order valence-electron chi connectivity index (χ0n) is 7.10. The van der Waals surface area contributed by atoms with Gasteiger partial charge in [-0.2, -0.15) is 0 Å². The van der Waals surface area contributed by atoms with Crippen LogP contribution in [0.4, 0.5) is 4.39 Å². The summed E-state index contributed by atoms with van der Waals surface area (Å²) in [5.41, 5.74) is 0. The molecule has 0 atom stereocenters. The van der Waals surface area contributed by atoms with Gasteiger partial charge in [0, 0.05) is 0 Å². The van der Waals surface area contributed by atoms with E-state index in [-0.39, 0.29) is 5.83 Å². The topological polar surface area (TPSA) is 9.23 Å². The van der Waals surface area contributed by atoms with Gasteiger partial charge in [0.25, 0.3) is 0 Å². The van der Waals surface area contributed by atoms with E-state index in [4.69, 9.17) is 4.74 Å². The lowest BCUT2D eigenvalue weighted by Gasteiger charge is -1.93. The molecule has 0 aromatic rings. The minimum Gasteiger partial charge on any atom is -0.501 e. The highest BCUT2D eigenvalue weighted by Gasteiger charge is 1.78. The number of ether oxygens (including phenoxy) is 1. The fourth-order valence-corrected chi connectivity index (χ4v) is 0.447. The van der Waals surface area contributed by atoms with Gasteiger partial charge in [0.15, 0.2) is 0 Å². The van der Waals surface area contributed by atoms with E-state index in [9.17, 15) is 4.39 Å². The molecule has 0 fully saturated rings. The van der Waals surface area contributed by atoms with Crippen LogP contribution in [0.3, 0.4) is 0 Å². The smallest absolute Gasteiger partial charge is 0.0968 e. The van der Waals surface area contributed by atoms with Gasteiger partial charge in [0.1, 0.15) is 0 Å². The Balaban J connectivity index is 3.87.